The number of nitriles is 1. The van der Waals surface area contributed by atoms with Crippen molar-refractivity contribution in [3.05, 3.63) is 63.9 Å². The zero-order valence-corrected chi connectivity index (χ0v) is 13.7. The van der Waals surface area contributed by atoms with Gasteiger partial charge in [0.25, 0.3) is 5.91 Å². The van der Waals surface area contributed by atoms with Gasteiger partial charge in [-0.25, -0.2) is 4.39 Å². The Kier molecular flexibility index (Phi) is 5.50. The second-order valence-electron chi connectivity index (χ2n) is 4.53. The summed E-state index contributed by atoms with van der Waals surface area (Å²) >= 11 is 3.06. The molecule has 6 heteroatoms. The van der Waals surface area contributed by atoms with Crippen LogP contribution in [-0.4, -0.2) is 13.0 Å². The SMILES string of the molecule is COc1ccc(NC(=O)/C(C#N)=C/c2ccc(F)c(Br)c2)cc1. The van der Waals surface area contributed by atoms with Crippen molar-refractivity contribution in [3.63, 3.8) is 0 Å². The Morgan fingerprint density at radius 2 is 2.00 bits per heavy atom. The Morgan fingerprint density at radius 1 is 1.30 bits per heavy atom. The molecule has 0 unspecified atom stereocenters. The van der Waals surface area contributed by atoms with Crippen molar-refractivity contribution in [1.29, 1.82) is 5.26 Å². The lowest BCUT2D eigenvalue weighted by Crippen LogP contribution is -2.13. The first-order chi connectivity index (χ1) is 11.0. The molecule has 0 aliphatic heterocycles. The number of hydrogen-bond acceptors (Lipinski definition) is 3. The molecule has 2 aromatic rings. The summed E-state index contributed by atoms with van der Waals surface area (Å²) in [6.45, 7) is 0. The van der Waals surface area contributed by atoms with E-state index in [1.54, 1.807) is 31.4 Å². The number of halogens is 2. The average Bonchev–Trinajstić information content (AvgIpc) is 2.56. The molecule has 0 aliphatic rings. The van der Waals surface area contributed by atoms with Gasteiger partial charge in [-0.3, -0.25) is 4.79 Å². The van der Waals surface area contributed by atoms with Gasteiger partial charge in [0, 0.05) is 5.69 Å². The minimum atomic E-state index is -0.543. The fourth-order valence-corrected chi connectivity index (χ4v) is 2.19. The molecule has 0 atom stereocenters. The highest BCUT2D eigenvalue weighted by atomic mass is 79.9. The summed E-state index contributed by atoms with van der Waals surface area (Å²) in [6.07, 6.45) is 1.39. The Hall–Kier alpha value is -2.65. The van der Waals surface area contributed by atoms with Crippen molar-refractivity contribution in [2.24, 2.45) is 0 Å². The molecule has 0 bridgehead atoms. The van der Waals surface area contributed by atoms with Crippen molar-refractivity contribution < 1.29 is 13.9 Å². The van der Waals surface area contributed by atoms with E-state index in [2.05, 4.69) is 21.2 Å². The van der Waals surface area contributed by atoms with Gasteiger partial charge in [0.1, 0.15) is 23.2 Å². The van der Waals surface area contributed by atoms with E-state index < -0.39 is 11.7 Å². The Labute approximate surface area is 141 Å². The maximum Gasteiger partial charge on any atom is 0.266 e. The number of benzene rings is 2. The number of amides is 1. The second-order valence-corrected chi connectivity index (χ2v) is 5.38. The second kappa shape index (κ2) is 7.56. The standard InChI is InChI=1S/C17H12BrFN2O2/c1-23-14-5-3-13(4-6-14)21-17(22)12(10-20)8-11-2-7-16(19)15(18)9-11/h2-9H,1H3,(H,21,22)/b12-8+. The fourth-order valence-electron chi connectivity index (χ4n) is 1.79. The summed E-state index contributed by atoms with van der Waals surface area (Å²) in [5.74, 6) is -0.295. The van der Waals surface area contributed by atoms with Gasteiger partial charge in [-0.2, -0.15) is 5.26 Å². The molecule has 0 radical (unpaired) electrons. The Balaban J connectivity index is 2.18. The molecule has 1 N–H and O–H groups in total. The maximum absolute atomic E-state index is 13.2. The average molecular weight is 375 g/mol. The number of ether oxygens (including phenoxy) is 1. The first-order valence-corrected chi connectivity index (χ1v) is 7.35. The van der Waals surface area contributed by atoms with Crippen LogP contribution in [0, 0.1) is 17.1 Å². The van der Waals surface area contributed by atoms with E-state index in [1.807, 2.05) is 6.07 Å². The molecule has 1 amide bonds. The van der Waals surface area contributed by atoms with Gasteiger partial charge in [-0.05, 0) is 64.0 Å². The van der Waals surface area contributed by atoms with Gasteiger partial charge in [-0.15, -0.1) is 0 Å². The quantitative estimate of drug-likeness (QED) is 0.645. The summed E-state index contributed by atoms with van der Waals surface area (Å²) in [7, 11) is 1.55. The molecule has 116 valence electrons. The van der Waals surface area contributed by atoms with E-state index >= 15 is 0 Å². The number of nitrogens with zero attached hydrogens (tertiary/aromatic N) is 1. The maximum atomic E-state index is 13.2. The van der Waals surface area contributed by atoms with E-state index in [-0.39, 0.29) is 10.0 Å². The Bertz CT molecular complexity index is 795. The van der Waals surface area contributed by atoms with Crippen LogP contribution in [0.4, 0.5) is 10.1 Å². The minimum Gasteiger partial charge on any atom is -0.497 e. The lowest BCUT2D eigenvalue weighted by atomic mass is 10.1. The third-order valence-corrected chi connectivity index (χ3v) is 3.58. The van der Waals surface area contributed by atoms with Gasteiger partial charge in [0.05, 0.1) is 11.6 Å². The number of nitrogens with one attached hydrogen (secondary N) is 1. The van der Waals surface area contributed by atoms with Crippen LogP contribution < -0.4 is 10.1 Å². The van der Waals surface area contributed by atoms with Crippen LogP contribution in [-0.2, 0) is 4.79 Å². The normalized spacial score (nSPS) is 10.8. The fraction of sp³-hybridized carbons (Fsp3) is 0.0588. The van der Waals surface area contributed by atoms with Crippen LogP contribution >= 0.6 is 15.9 Å². The van der Waals surface area contributed by atoms with Gasteiger partial charge < -0.3 is 10.1 Å². The van der Waals surface area contributed by atoms with Crippen LogP contribution in [0.25, 0.3) is 6.08 Å². The van der Waals surface area contributed by atoms with Crippen LogP contribution in [0.15, 0.2) is 52.5 Å². The van der Waals surface area contributed by atoms with Crippen molar-refractivity contribution in [1.82, 2.24) is 0 Å². The van der Waals surface area contributed by atoms with E-state index in [0.29, 0.717) is 17.0 Å². The molecule has 0 spiro atoms. The first kappa shape index (κ1) is 16.7. The summed E-state index contributed by atoms with van der Waals surface area (Å²) in [5.41, 5.74) is 0.997. The number of rotatable bonds is 4. The van der Waals surface area contributed by atoms with E-state index in [1.165, 1.54) is 24.3 Å². The van der Waals surface area contributed by atoms with Gasteiger partial charge in [-0.1, -0.05) is 6.07 Å². The van der Waals surface area contributed by atoms with Crippen molar-refractivity contribution in [2.75, 3.05) is 12.4 Å². The topological polar surface area (TPSA) is 62.1 Å². The molecule has 0 saturated carbocycles. The van der Waals surface area contributed by atoms with Crippen molar-refractivity contribution in [2.45, 2.75) is 0 Å². The highest BCUT2D eigenvalue weighted by Gasteiger charge is 2.10. The van der Waals surface area contributed by atoms with Gasteiger partial charge >= 0.3 is 0 Å². The number of anilines is 1. The van der Waals surface area contributed by atoms with Crippen molar-refractivity contribution in [3.8, 4) is 11.8 Å². The van der Waals surface area contributed by atoms with Crippen LogP contribution in [0.1, 0.15) is 5.56 Å². The van der Waals surface area contributed by atoms with Gasteiger partial charge in [0.2, 0.25) is 0 Å². The summed E-state index contributed by atoms with van der Waals surface area (Å²) in [4.78, 5) is 12.1. The lowest BCUT2D eigenvalue weighted by Gasteiger charge is -2.06. The molecular weight excluding hydrogens is 363 g/mol. The first-order valence-electron chi connectivity index (χ1n) is 6.55. The summed E-state index contributed by atoms with van der Waals surface area (Å²) in [5, 5.41) is 11.8. The molecule has 0 aromatic heterocycles. The summed E-state index contributed by atoms with van der Waals surface area (Å²) in [6, 6.07) is 12.8. The molecule has 4 nitrogen and oxygen atoms in total. The third kappa shape index (κ3) is 4.41. The monoisotopic (exact) mass is 374 g/mol. The molecule has 0 aliphatic carbocycles. The highest BCUT2D eigenvalue weighted by Crippen LogP contribution is 2.19. The van der Waals surface area contributed by atoms with E-state index in [4.69, 9.17) is 10.00 Å². The van der Waals surface area contributed by atoms with Crippen LogP contribution in [0.3, 0.4) is 0 Å². The van der Waals surface area contributed by atoms with E-state index in [0.717, 1.165) is 0 Å². The van der Waals surface area contributed by atoms with Crippen molar-refractivity contribution >= 4 is 33.6 Å². The number of methoxy groups -OCH3 is 1. The lowest BCUT2D eigenvalue weighted by molar-refractivity contribution is -0.112. The smallest absolute Gasteiger partial charge is 0.266 e. The molecule has 0 saturated heterocycles. The third-order valence-electron chi connectivity index (χ3n) is 2.97. The predicted octanol–water partition coefficient (Wildman–Crippen LogP) is 4.14. The summed E-state index contributed by atoms with van der Waals surface area (Å²) < 4.78 is 18.5. The number of carbonyl (C=O) groups excluding carboxylic acids is 1. The zero-order valence-electron chi connectivity index (χ0n) is 12.1. The molecule has 0 fully saturated rings. The van der Waals surface area contributed by atoms with Crippen LogP contribution in [0.5, 0.6) is 5.75 Å². The molecule has 2 aromatic carbocycles. The number of hydrogen-bond donors (Lipinski definition) is 1. The largest absolute Gasteiger partial charge is 0.497 e. The predicted molar refractivity (Wildman–Crippen MR) is 89.3 cm³/mol. The minimum absolute atomic E-state index is 0.0840. The molecular formula is C17H12BrFN2O2. The van der Waals surface area contributed by atoms with Crippen LogP contribution in [0.2, 0.25) is 0 Å². The van der Waals surface area contributed by atoms with Gasteiger partial charge in [0.15, 0.2) is 0 Å². The molecule has 23 heavy (non-hydrogen) atoms. The van der Waals surface area contributed by atoms with E-state index in [9.17, 15) is 9.18 Å². The zero-order chi connectivity index (χ0) is 16.8. The Morgan fingerprint density at radius 3 is 2.57 bits per heavy atom. The molecule has 2 rings (SSSR count). The molecule has 0 heterocycles. The highest BCUT2D eigenvalue weighted by molar-refractivity contribution is 9.10. The number of carbonyl (C=O) groups is 1.